The van der Waals surface area contributed by atoms with E-state index in [-0.39, 0.29) is 6.61 Å². The van der Waals surface area contributed by atoms with E-state index in [1.54, 1.807) is 7.11 Å². The highest BCUT2D eigenvalue weighted by molar-refractivity contribution is 7.99. The summed E-state index contributed by atoms with van der Waals surface area (Å²) in [7, 11) is 1.60. The lowest BCUT2D eigenvalue weighted by Crippen LogP contribution is -2.60. The lowest BCUT2D eigenvalue weighted by molar-refractivity contribution is -0.305. The Kier molecular flexibility index (Phi) is 6.25. The van der Waals surface area contributed by atoms with Crippen LogP contribution >= 0.6 is 11.8 Å². The molecular formula is C20H21N3O5S. The zero-order valence-corrected chi connectivity index (χ0v) is 16.5. The number of azide groups is 1. The first-order valence-electron chi connectivity index (χ1n) is 9.20. The molecule has 0 amide bonds. The Morgan fingerprint density at radius 1 is 1.14 bits per heavy atom. The van der Waals surface area contributed by atoms with E-state index >= 15 is 0 Å². The van der Waals surface area contributed by atoms with Crippen molar-refractivity contribution in [1.82, 2.24) is 0 Å². The molecule has 2 heterocycles. The summed E-state index contributed by atoms with van der Waals surface area (Å²) in [5, 5.41) is 14.7. The number of thioether (sulfide) groups is 1. The van der Waals surface area contributed by atoms with Gasteiger partial charge < -0.3 is 24.1 Å². The van der Waals surface area contributed by atoms with Crippen LogP contribution in [0.15, 0.2) is 64.6 Å². The van der Waals surface area contributed by atoms with Crippen LogP contribution in [0.2, 0.25) is 0 Å². The molecule has 2 aromatic rings. The van der Waals surface area contributed by atoms with Gasteiger partial charge in [0.15, 0.2) is 6.29 Å². The van der Waals surface area contributed by atoms with Crippen LogP contribution in [-0.4, -0.2) is 48.6 Å². The second kappa shape index (κ2) is 9.04. The van der Waals surface area contributed by atoms with E-state index in [1.165, 1.54) is 11.8 Å². The zero-order chi connectivity index (χ0) is 20.2. The monoisotopic (exact) mass is 415 g/mol. The molecule has 9 heteroatoms. The van der Waals surface area contributed by atoms with Crippen LogP contribution in [0.4, 0.5) is 0 Å². The summed E-state index contributed by atoms with van der Waals surface area (Å²) in [6.45, 7) is 0.257. The number of hydrogen-bond donors (Lipinski definition) is 1. The topological polar surface area (TPSA) is 106 Å². The lowest BCUT2D eigenvalue weighted by Gasteiger charge is -2.46. The Bertz CT molecular complexity index is 862. The minimum Gasteiger partial charge on any atom is -0.497 e. The molecule has 0 saturated carbocycles. The maximum absolute atomic E-state index is 10.9. The predicted molar refractivity (Wildman–Crippen MR) is 106 cm³/mol. The van der Waals surface area contributed by atoms with E-state index < -0.39 is 36.1 Å². The Balaban J connectivity index is 1.51. The fourth-order valence-corrected chi connectivity index (χ4v) is 4.56. The van der Waals surface area contributed by atoms with E-state index in [1.807, 2.05) is 54.6 Å². The van der Waals surface area contributed by atoms with Gasteiger partial charge in [0, 0.05) is 15.4 Å². The number of ether oxygens (including phenoxy) is 4. The summed E-state index contributed by atoms with van der Waals surface area (Å²) < 4.78 is 23.1. The van der Waals surface area contributed by atoms with Gasteiger partial charge in [-0.15, -0.1) is 0 Å². The standard InChI is InChI=1S/C20H21N3O5S/c1-25-13-9-7-12(8-10-13)19-26-11-15-18(28-19)17(24)16(22-23-21)20(27-15)29-14-5-3-2-4-6-14/h2-10,15-20,24H,11H2,1H3/t15-,16-,17-,18-,19?,20?/m1/s1. The molecule has 152 valence electrons. The molecule has 0 aromatic heterocycles. The highest BCUT2D eigenvalue weighted by atomic mass is 32.2. The van der Waals surface area contributed by atoms with E-state index in [0.29, 0.717) is 0 Å². The SMILES string of the molecule is COc1ccc(C2OC[C@H]3OC(Sc4ccccc4)[C@H](N=[N+]=[N-])[C@@H](O)[C@@H]3O2)cc1. The molecule has 1 N–H and O–H groups in total. The van der Waals surface area contributed by atoms with Gasteiger partial charge in [0.25, 0.3) is 0 Å². The molecule has 2 aliphatic rings. The second-order valence-electron chi connectivity index (χ2n) is 6.70. The van der Waals surface area contributed by atoms with Gasteiger partial charge in [0.05, 0.1) is 19.8 Å². The maximum atomic E-state index is 10.9. The second-order valence-corrected chi connectivity index (χ2v) is 7.87. The molecule has 29 heavy (non-hydrogen) atoms. The molecule has 2 aliphatic heterocycles. The molecule has 4 rings (SSSR count). The summed E-state index contributed by atoms with van der Waals surface area (Å²) in [5.74, 6) is 0.729. The third-order valence-electron chi connectivity index (χ3n) is 4.90. The lowest BCUT2D eigenvalue weighted by atomic mass is 9.97. The molecule has 0 bridgehead atoms. The number of benzene rings is 2. The number of aliphatic hydroxyl groups excluding tert-OH is 1. The van der Waals surface area contributed by atoms with E-state index in [0.717, 1.165) is 16.2 Å². The molecule has 0 radical (unpaired) electrons. The first kappa shape index (κ1) is 20.0. The molecule has 0 spiro atoms. The largest absolute Gasteiger partial charge is 0.497 e. The Morgan fingerprint density at radius 3 is 2.59 bits per heavy atom. The van der Waals surface area contributed by atoms with Crippen molar-refractivity contribution >= 4 is 11.8 Å². The Morgan fingerprint density at radius 2 is 1.90 bits per heavy atom. The van der Waals surface area contributed by atoms with Crippen molar-refractivity contribution < 1.29 is 24.1 Å². The molecule has 0 aliphatic carbocycles. The van der Waals surface area contributed by atoms with Crippen LogP contribution in [0, 0.1) is 0 Å². The molecule has 2 aromatic carbocycles. The van der Waals surface area contributed by atoms with Crippen molar-refractivity contribution in [2.45, 2.75) is 41.0 Å². The Hall–Kier alpha value is -2.26. The van der Waals surface area contributed by atoms with Crippen molar-refractivity contribution in [3.8, 4) is 5.75 Å². The van der Waals surface area contributed by atoms with Gasteiger partial charge in [-0.2, -0.15) is 0 Å². The number of methoxy groups -OCH3 is 1. The molecule has 2 saturated heterocycles. The first-order valence-corrected chi connectivity index (χ1v) is 10.1. The summed E-state index contributed by atoms with van der Waals surface area (Å²) in [6, 6.07) is 16.2. The third kappa shape index (κ3) is 4.35. The number of fused-ring (bicyclic) bond motifs is 1. The predicted octanol–water partition coefficient (Wildman–Crippen LogP) is 3.67. The average Bonchev–Trinajstić information content (AvgIpc) is 2.77. The van der Waals surface area contributed by atoms with Gasteiger partial charge in [-0.25, -0.2) is 0 Å². The van der Waals surface area contributed by atoms with Crippen molar-refractivity contribution in [2.24, 2.45) is 5.11 Å². The molecule has 2 unspecified atom stereocenters. The molecular weight excluding hydrogens is 394 g/mol. The molecule has 6 atom stereocenters. The number of rotatable bonds is 5. The van der Waals surface area contributed by atoms with Gasteiger partial charge >= 0.3 is 0 Å². The molecule has 2 fully saturated rings. The van der Waals surface area contributed by atoms with Crippen molar-refractivity contribution in [3.05, 3.63) is 70.6 Å². The van der Waals surface area contributed by atoms with Crippen LogP contribution in [0.25, 0.3) is 10.4 Å². The fourth-order valence-electron chi connectivity index (χ4n) is 3.42. The quantitative estimate of drug-likeness (QED) is 0.454. The van der Waals surface area contributed by atoms with Crippen LogP contribution in [0.1, 0.15) is 11.9 Å². The minimum absolute atomic E-state index is 0.257. The number of hydrogen-bond acceptors (Lipinski definition) is 7. The summed E-state index contributed by atoms with van der Waals surface area (Å²) in [6.07, 6.45) is -2.80. The van der Waals surface area contributed by atoms with Crippen LogP contribution in [-0.2, 0) is 14.2 Å². The minimum atomic E-state index is -1.02. The van der Waals surface area contributed by atoms with Gasteiger partial charge in [0.2, 0.25) is 0 Å². The maximum Gasteiger partial charge on any atom is 0.184 e. The highest BCUT2D eigenvalue weighted by Crippen LogP contribution is 2.40. The molecule has 8 nitrogen and oxygen atoms in total. The highest BCUT2D eigenvalue weighted by Gasteiger charge is 2.49. The van der Waals surface area contributed by atoms with Gasteiger partial charge in [0.1, 0.15) is 29.4 Å². The smallest absolute Gasteiger partial charge is 0.184 e. The van der Waals surface area contributed by atoms with Gasteiger partial charge in [-0.3, -0.25) is 0 Å². The van der Waals surface area contributed by atoms with Crippen molar-refractivity contribution in [2.75, 3.05) is 13.7 Å². The summed E-state index contributed by atoms with van der Waals surface area (Å²) in [4.78, 5) is 3.86. The van der Waals surface area contributed by atoms with E-state index in [2.05, 4.69) is 10.0 Å². The first-order chi connectivity index (χ1) is 14.2. The number of nitrogens with zero attached hydrogens (tertiary/aromatic N) is 3. The Labute approximate surface area is 172 Å². The zero-order valence-electron chi connectivity index (χ0n) is 15.7. The third-order valence-corrected chi connectivity index (χ3v) is 6.07. The normalized spacial score (nSPS) is 31.4. The van der Waals surface area contributed by atoms with Crippen LogP contribution < -0.4 is 4.74 Å². The van der Waals surface area contributed by atoms with Crippen molar-refractivity contribution in [1.29, 1.82) is 0 Å². The van der Waals surface area contributed by atoms with Gasteiger partial charge in [-0.1, -0.05) is 47.2 Å². The average molecular weight is 415 g/mol. The van der Waals surface area contributed by atoms with Crippen LogP contribution in [0.3, 0.4) is 0 Å². The van der Waals surface area contributed by atoms with E-state index in [9.17, 15) is 5.11 Å². The van der Waals surface area contributed by atoms with E-state index in [4.69, 9.17) is 24.5 Å². The summed E-state index contributed by atoms with van der Waals surface area (Å²) in [5.41, 5.74) is 9.26. The van der Waals surface area contributed by atoms with Crippen LogP contribution in [0.5, 0.6) is 5.75 Å². The fraction of sp³-hybridized carbons (Fsp3) is 0.400. The summed E-state index contributed by atoms with van der Waals surface area (Å²) >= 11 is 1.40. The number of aliphatic hydroxyl groups is 1. The van der Waals surface area contributed by atoms with Gasteiger partial charge in [-0.05, 0) is 29.8 Å². The van der Waals surface area contributed by atoms with Crippen molar-refractivity contribution in [3.63, 3.8) is 0 Å².